The highest BCUT2D eigenvalue weighted by atomic mass is 16.6. The van der Waals surface area contributed by atoms with Gasteiger partial charge in [-0.25, -0.2) is 4.79 Å². The van der Waals surface area contributed by atoms with Crippen LogP contribution in [0.2, 0.25) is 0 Å². The van der Waals surface area contributed by atoms with Gasteiger partial charge in [-0.15, -0.1) is 0 Å². The standard InChI is InChI=1S/C18H23N3O4/c1-11(2)16(17(22)25-18(3,4)5)20-14-6-7-15(21(23)24)13-10-19-9-8-12(13)14/h6-11,16,20H,1-5H3/t16-/m1/s1. The average molecular weight is 345 g/mol. The Kier molecular flexibility index (Phi) is 5.25. The molecule has 2 aromatic rings. The number of benzene rings is 1. The van der Waals surface area contributed by atoms with Gasteiger partial charge in [0.15, 0.2) is 0 Å². The Bertz CT molecular complexity index is 796. The third-order valence-electron chi connectivity index (χ3n) is 3.63. The monoisotopic (exact) mass is 345 g/mol. The number of ether oxygens (including phenoxy) is 1. The van der Waals surface area contributed by atoms with Crippen molar-refractivity contribution in [3.63, 3.8) is 0 Å². The SMILES string of the molecule is CC(C)[C@@H](Nc1ccc([N+](=O)[O-])c2cnccc12)C(=O)OC(C)(C)C. The summed E-state index contributed by atoms with van der Waals surface area (Å²) in [6.45, 7) is 9.27. The minimum Gasteiger partial charge on any atom is -0.458 e. The number of carbonyl (C=O) groups is 1. The maximum absolute atomic E-state index is 12.5. The fraction of sp³-hybridized carbons (Fsp3) is 0.444. The van der Waals surface area contributed by atoms with E-state index in [1.165, 1.54) is 12.3 Å². The van der Waals surface area contributed by atoms with Crippen molar-refractivity contribution in [2.24, 2.45) is 5.92 Å². The summed E-state index contributed by atoms with van der Waals surface area (Å²) in [5.74, 6) is -0.384. The predicted octanol–water partition coefficient (Wildman–Crippen LogP) is 3.92. The van der Waals surface area contributed by atoms with Gasteiger partial charge in [0.2, 0.25) is 0 Å². The molecule has 1 heterocycles. The summed E-state index contributed by atoms with van der Waals surface area (Å²) in [6.07, 6.45) is 3.02. The van der Waals surface area contributed by atoms with Gasteiger partial charge in [-0.2, -0.15) is 0 Å². The lowest BCUT2D eigenvalue weighted by Gasteiger charge is -2.27. The van der Waals surface area contributed by atoms with Crippen LogP contribution in [0, 0.1) is 16.0 Å². The lowest BCUT2D eigenvalue weighted by atomic mass is 10.0. The van der Waals surface area contributed by atoms with Crippen LogP contribution in [0.3, 0.4) is 0 Å². The quantitative estimate of drug-likeness (QED) is 0.501. The second-order valence-corrected chi connectivity index (χ2v) is 7.21. The number of nitrogens with zero attached hydrogens (tertiary/aromatic N) is 2. The molecule has 25 heavy (non-hydrogen) atoms. The van der Waals surface area contributed by atoms with Gasteiger partial charge in [-0.05, 0) is 38.8 Å². The van der Waals surface area contributed by atoms with E-state index in [1.807, 2.05) is 34.6 Å². The second-order valence-electron chi connectivity index (χ2n) is 7.21. The normalized spacial score (nSPS) is 12.9. The Balaban J connectivity index is 2.42. The molecule has 0 amide bonds. The van der Waals surface area contributed by atoms with Crippen LogP contribution < -0.4 is 5.32 Å². The number of hydrogen-bond acceptors (Lipinski definition) is 6. The zero-order valence-electron chi connectivity index (χ0n) is 15.1. The molecule has 7 nitrogen and oxygen atoms in total. The van der Waals surface area contributed by atoms with E-state index in [9.17, 15) is 14.9 Å². The molecular formula is C18H23N3O4. The predicted molar refractivity (Wildman–Crippen MR) is 96.5 cm³/mol. The summed E-state index contributed by atoms with van der Waals surface area (Å²) in [5.41, 5.74) is 0.0208. The highest BCUT2D eigenvalue weighted by Gasteiger charge is 2.28. The van der Waals surface area contributed by atoms with Crippen molar-refractivity contribution >= 4 is 28.1 Å². The molecule has 1 aromatic carbocycles. The second kappa shape index (κ2) is 7.04. The summed E-state index contributed by atoms with van der Waals surface area (Å²) >= 11 is 0. The molecule has 134 valence electrons. The number of carbonyl (C=O) groups excluding carboxylic acids is 1. The van der Waals surface area contributed by atoms with Gasteiger partial charge < -0.3 is 10.1 Å². The largest absolute Gasteiger partial charge is 0.458 e. The Morgan fingerprint density at radius 3 is 2.48 bits per heavy atom. The number of aromatic nitrogens is 1. The van der Waals surface area contributed by atoms with Gasteiger partial charge in [0.1, 0.15) is 11.6 Å². The van der Waals surface area contributed by atoms with Gasteiger partial charge in [0, 0.05) is 29.5 Å². The van der Waals surface area contributed by atoms with Crippen LogP contribution in [0.5, 0.6) is 0 Å². The number of non-ortho nitro benzene ring substituents is 1. The summed E-state index contributed by atoms with van der Waals surface area (Å²) in [7, 11) is 0. The molecule has 0 aliphatic carbocycles. The summed E-state index contributed by atoms with van der Waals surface area (Å²) < 4.78 is 5.49. The molecule has 0 spiro atoms. The van der Waals surface area contributed by atoms with Crippen molar-refractivity contribution in [2.45, 2.75) is 46.3 Å². The lowest BCUT2D eigenvalue weighted by molar-refractivity contribution is -0.383. The lowest BCUT2D eigenvalue weighted by Crippen LogP contribution is -2.40. The molecule has 0 fully saturated rings. The van der Waals surface area contributed by atoms with E-state index in [2.05, 4.69) is 10.3 Å². The van der Waals surface area contributed by atoms with Gasteiger partial charge in [0.05, 0.1) is 10.3 Å². The van der Waals surface area contributed by atoms with Crippen molar-refractivity contribution < 1.29 is 14.5 Å². The highest BCUT2D eigenvalue weighted by molar-refractivity contribution is 6.00. The highest BCUT2D eigenvalue weighted by Crippen LogP contribution is 2.31. The van der Waals surface area contributed by atoms with Crippen molar-refractivity contribution in [3.05, 3.63) is 40.7 Å². The smallest absolute Gasteiger partial charge is 0.329 e. The summed E-state index contributed by atoms with van der Waals surface area (Å²) in [5, 5.41) is 15.4. The molecule has 0 bridgehead atoms. The van der Waals surface area contributed by atoms with Crippen LogP contribution >= 0.6 is 0 Å². The molecule has 0 radical (unpaired) electrons. The van der Waals surface area contributed by atoms with Gasteiger partial charge in [0.25, 0.3) is 5.69 Å². The number of esters is 1. The maximum atomic E-state index is 12.5. The summed E-state index contributed by atoms with van der Waals surface area (Å²) in [4.78, 5) is 27.2. The molecular weight excluding hydrogens is 322 g/mol. The summed E-state index contributed by atoms with van der Waals surface area (Å²) in [6, 6.07) is 4.15. The fourth-order valence-corrected chi connectivity index (χ4v) is 2.49. The first-order chi connectivity index (χ1) is 11.6. The molecule has 7 heteroatoms. The number of fused-ring (bicyclic) bond motifs is 1. The molecule has 1 atom stereocenters. The van der Waals surface area contributed by atoms with Crippen molar-refractivity contribution in [2.75, 3.05) is 5.32 Å². The minimum atomic E-state index is -0.590. The molecule has 0 saturated carbocycles. The third-order valence-corrected chi connectivity index (χ3v) is 3.63. The van der Waals surface area contributed by atoms with Crippen molar-refractivity contribution in [1.82, 2.24) is 4.98 Å². The van der Waals surface area contributed by atoms with Crippen molar-refractivity contribution in [1.29, 1.82) is 0 Å². The third kappa shape index (κ3) is 4.43. The van der Waals surface area contributed by atoms with Crippen LogP contribution in [0.1, 0.15) is 34.6 Å². The Morgan fingerprint density at radius 1 is 1.24 bits per heavy atom. The molecule has 0 unspecified atom stereocenters. The van der Waals surface area contributed by atoms with E-state index in [0.717, 1.165) is 0 Å². The molecule has 0 aliphatic rings. The van der Waals surface area contributed by atoms with E-state index in [4.69, 9.17) is 4.74 Å². The van der Waals surface area contributed by atoms with Crippen LogP contribution in [0.4, 0.5) is 11.4 Å². The number of rotatable bonds is 5. The van der Waals surface area contributed by atoms with Gasteiger partial charge in [-0.3, -0.25) is 15.1 Å². The first-order valence-corrected chi connectivity index (χ1v) is 8.10. The van der Waals surface area contributed by atoms with E-state index < -0.39 is 16.6 Å². The first kappa shape index (κ1) is 18.6. The van der Waals surface area contributed by atoms with E-state index >= 15 is 0 Å². The zero-order valence-corrected chi connectivity index (χ0v) is 15.1. The van der Waals surface area contributed by atoms with Gasteiger partial charge >= 0.3 is 5.97 Å². The van der Waals surface area contributed by atoms with Crippen LogP contribution in [-0.4, -0.2) is 27.5 Å². The zero-order chi connectivity index (χ0) is 18.8. The van der Waals surface area contributed by atoms with Crippen LogP contribution in [0.25, 0.3) is 10.8 Å². The maximum Gasteiger partial charge on any atom is 0.329 e. The van der Waals surface area contributed by atoms with E-state index in [0.29, 0.717) is 16.5 Å². The average Bonchev–Trinajstić information content (AvgIpc) is 2.49. The number of anilines is 1. The van der Waals surface area contributed by atoms with Crippen LogP contribution in [-0.2, 0) is 9.53 Å². The number of nitro groups is 1. The van der Waals surface area contributed by atoms with Crippen molar-refractivity contribution in [3.8, 4) is 0 Å². The number of nitrogens with one attached hydrogen (secondary N) is 1. The molecule has 0 saturated heterocycles. The minimum absolute atomic E-state index is 0.0213. The van der Waals surface area contributed by atoms with Gasteiger partial charge in [-0.1, -0.05) is 13.8 Å². The first-order valence-electron chi connectivity index (χ1n) is 8.10. The number of nitro benzene ring substituents is 1. The number of pyridine rings is 1. The Morgan fingerprint density at radius 2 is 1.92 bits per heavy atom. The molecule has 1 aromatic heterocycles. The molecule has 1 N–H and O–H groups in total. The molecule has 2 rings (SSSR count). The Hall–Kier alpha value is -2.70. The molecule has 0 aliphatic heterocycles. The number of hydrogen-bond donors (Lipinski definition) is 1. The van der Waals surface area contributed by atoms with E-state index in [-0.39, 0.29) is 17.6 Å². The van der Waals surface area contributed by atoms with E-state index in [1.54, 1.807) is 18.3 Å². The fourth-order valence-electron chi connectivity index (χ4n) is 2.49. The van der Waals surface area contributed by atoms with Crippen LogP contribution in [0.15, 0.2) is 30.6 Å². The Labute approximate surface area is 146 Å². The topological polar surface area (TPSA) is 94.4 Å².